The van der Waals surface area contributed by atoms with E-state index in [2.05, 4.69) is 0 Å². The highest BCUT2D eigenvalue weighted by molar-refractivity contribution is 7.89. The SMILES string of the molecule is NC(=O)N(C12CCC3CC(CC(C3)C1)C2)S(=O)(=O)c1ccc(Cl)cc1. The van der Waals surface area contributed by atoms with E-state index in [1.807, 2.05) is 0 Å². The van der Waals surface area contributed by atoms with E-state index in [0.717, 1.165) is 49.3 Å². The molecule has 7 heteroatoms. The fourth-order valence-corrected chi connectivity index (χ4v) is 7.50. The first kappa shape index (κ1) is 17.2. The number of carbonyl (C=O) groups is 1. The Kier molecular flexibility index (Phi) is 4.03. The minimum absolute atomic E-state index is 0.0730. The third-order valence-electron chi connectivity index (χ3n) is 6.34. The van der Waals surface area contributed by atoms with Crippen LogP contribution >= 0.6 is 11.6 Å². The molecule has 25 heavy (non-hydrogen) atoms. The van der Waals surface area contributed by atoms with Gasteiger partial charge in [-0.25, -0.2) is 17.5 Å². The highest BCUT2D eigenvalue weighted by Crippen LogP contribution is 2.55. The number of benzene rings is 1. The lowest BCUT2D eigenvalue weighted by Gasteiger charge is -2.49. The summed E-state index contributed by atoms with van der Waals surface area (Å²) in [5, 5.41) is 0.454. The number of urea groups is 1. The van der Waals surface area contributed by atoms with Crippen LogP contribution in [0, 0.1) is 17.8 Å². The van der Waals surface area contributed by atoms with E-state index in [1.54, 1.807) is 0 Å². The second-order valence-corrected chi connectivity index (χ2v) is 10.3. The van der Waals surface area contributed by atoms with Crippen LogP contribution in [-0.4, -0.2) is 24.3 Å². The van der Waals surface area contributed by atoms with Crippen molar-refractivity contribution >= 4 is 27.7 Å². The molecule has 0 saturated heterocycles. The van der Waals surface area contributed by atoms with Gasteiger partial charge in [0.1, 0.15) is 0 Å². The Balaban J connectivity index is 1.79. The number of amides is 2. The number of fused-ring (bicyclic) bond motifs is 1. The van der Waals surface area contributed by atoms with E-state index in [4.69, 9.17) is 17.3 Å². The molecule has 0 aliphatic heterocycles. The first-order chi connectivity index (χ1) is 11.8. The van der Waals surface area contributed by atoms with E-state index in [9.17, 15) is 13.2 Å². The molecule has 136 valence electrons. The minimum Gasteiger partial charge on any atom is -0.351 e. The van der Waals surface area contributed by atoms with Crippen molar-refractivity contribution in [2.75, 3.05) is 0 Å². The highest BCUT2D eigenvalue weighted by Gasteiger charge is 2.54. The van der Waals surface area contributed by atoms with Gasteiger partial charge in [-0.3, -0.25) is 0 Å². The van der Waals surface area contributed by atoms with Crippen molar-refractivity contribution in [3.63, 3.8) is 0 Å². The van der Waals surface area contributed by atoms with Crippen LogP contribution in [0.5, 0.6) is 0 Å². The lowest BCUT2D eigenvalue weighted by atomic mass is 9.65. The second kappa shape index (κ2) is 5.88. The summed E-state index contributed by atoms with van der Waals surface area (Å²) in [6, 6.07) is 5.08. The first-order valence-corrected chi connectivity index (χ1v) is 10.7. The Labute approximate surface area is 153 Å². The van der Waals surface area contributed by atoms with Crippen LogP contribution in [0.25, 0.3) is 0 Å². The fraction of sp³-hybridized carbons (Fsp3) is 0.611. The van der Waals surface area contributed by atoms with Gasteiger partial charge in [-0.2, -0.15) is 0 Å². The zero-order chi connectivity index (χ0) is 17.8. The Morgan fingerprint density at radius 3 is 2.20 bits per heavy atom. The quantitative estimate of drug-likeness (QED) is 0.863. The molecule has 0 heterocycles. The van der Waals surface area contributed by atoms with Crippen LogP contribution in [0.1, 0.15) is 44.9 Å². The van der Waals surface area contributed by atoms with Crippen LogP contribution in [0.3, 0.4) is 0 Å². The van der Waals surface area contributed by atoms with Crippen LogP contribution in [0.2, 0.25) is 5.02 Å². The first-order valence-electron chi connectivity index (χ1n) is 8.91. The van der Waals surface area contributed by atoms with Crippen molar-refractivity contribution in [3.05, 3.63) is 29.3 Å². The molecule has 5 nitrogen and oxygen atoms in total. The van der Waals surface area contributed by atoms with Gasteiger partial charge in [-0.1, -0.05) is 11.6 Å². The lowest BCUT2D eigenvalue weighted by molar-refractivity contribution is 0.0628. The summed E-state index contributed by atoms with van der Waals surface area (Å²) in [5.41, 5.74) is 4.98. The molecule has 4 bridgehead atoms. The smallest absolute Gasteiger partial charge is 0.329 e. The molecule has 4 fully saturated rings. The van der Waals surface area contributed by atoms with E-state index in [1.165, 1.54) is 24.3 Å². The number of nitrogens with zero attached hydrogens (tertiary/aromatic N) is 1. The fourth-order valence-electron chi connectivity index (χ4n) is 5.69. The van der Waals surface area contributed by atoms with Crippen LogP contribution in [-0.2, 0) is 10.0 Å². The van der Waals surface area contributed by atoms with Crippen molar-refractivity contribution in [3.8, 4) is 0 Å². The molecular formula is C18H23ClN2O3S. The molecule has 0 radical (unpaired) electrons. The van der Waals surface area contributed by atoms with Gasteiger partial charge in [0.25, 0.3) is 10.0 Å². The van der Waals surface area contributed by atoms with Crippen molar-refractivity contribution in [1.82, 2.24) is 4.31 Å². The lowest BCUT2D eigenvalue weighted by Crippen LogP contribution is -2.59. The van der Waals surface area contributed by atoms with Gasteiger partial charge < -0.3 is 5.73 Å². The number of carbonyl (C=O) groups excluding carboxylic acids is 1. The topological polar surface area (TPSA) is 80.5 Å². The molecule has 1 aromatic rings. The van der Waals surface area contributed by atoms with Gasteiger partial charge in [-0.05, 0) is 87.0 Å². The molecule has 1 aromatic carbocycles. The van der Waals surface area contributed by atoms with Crippen LogP contribution in [0.4, 0.5) is 4.79 Å². The largest absolute Gasteiger partial charge is 0.351 e. The maximum Gasteiger partial charge on any atom is 0.329 e. The van der Waals surface area contributed by atoms with Crippen molar-refractivity contribution in [1.29, 1.82) is 0 Å². The zero-order valence-corrected chi connectivity index (χ0v) is 15.6. The molecule has 4 aliphatic rings. The normalized spacial score (nSPS) is 33.9. The number of hydrogen-bond acceptors (Lipinski definition) is 3. The highest BCUT2D eigenvalue weighted by atomic mass is 35.5. The summed E-state index contributed by atoms with van der Waals surface area (Å²) in [7, 11) is -4.00. The average molecular weight is 383 g/mol. The molecule has 4 aliphatic carbocycles. The Morgan fingerprint density at radius 1 is 1.08 bits per heavy atom. The van der Waals surface area contributed by atoms with Gasteiger partial charge in [0.05, 0.1) is 10.4 Å². The molecule has 2 amide bonds. The second-order valence-electron chi connectivity index (χ2n) is 8.04. The summed E-state index contributed by atoms with van der Waals surface area (Å²) in [5.74, 6) is 1.67. The number of halogens is 1. The van der Waals surface area contributed by atoms with Crippen molar-refractivity contribution in [2.45, 2.75) is 55.4 Å². The van der Waals surface area contributed by atoms with E-state index < -0.39 is 21.6 Å². The number of nitrogens with two attached hydrogens (primary N) is 1. The molecule has 5 rings (SSSR count). The molecule has 0 aromatic heterocycles. The average Bonchev–Trinajstić information content (AvgIpc) is 2.71. The molecule has 2 atom stereocenters. The molecular weight excluding hydrogens is 360 g/mol. The number of rotatable bonds is 3. The summed E-state index contributed by atoms with van der Waals surface area (Å²) in [6.45, 7) is 0. The number of hydrogen-bond donors (Lipinski definition) is 1. The Hall–Kier alpha value is -1.27. The summed E-state index contributed by atoms with van der Waals surface area (Å²) in [6.07, 6.45) is 6.67. The Bertz CT molecular complexity index is 779. The van der Waals surface area contributed by atoms with Gasteiger partial charge >= 0.3 is 6.03 Å². The third-order valence-corrected chi connectivity index (χ3v) is 8.51. The van der Waals surface area contributed by atoms with Crippen molar-refractivity contribution < 1.29 is 13.2 Å². The van der Waals surface area contributed by atoms with E-state index in [-0.39, 0.29) is 4.90 Å². The number of sulfonamides is 1. The van der Waals surface area contributed by atoms with Gasteiger partial charge in [-0.15, -0.1) is 0 Å². The third kappa shape index (κ3) is 2.83. The predicted octanol–water partition coefficient (Wildman–Crippen LogP) is 3.77. The maximum atomic E-state index is 13.3. The number of primary amides is 1. The van der Waals surface area contributed by atoms with Gasteiger partial charge in [0, 0.05) is 5.02 Å². The predicted molar refractivity (Wildman–Crippen MR) is 95.6 cm³/mol. The van der Waals surface area contributed by atoms with E-state index >= 15 is 0 Å². The molecule has 2 N–H and O–H groups in total. The van der Waals surface area contributed by atoms with Crippen LogP contribution in [0.15, 0.2) is 29.2 Å². The van der Waals surface area contributed by atoms with E-state index in [0.29, 0.717) is 22.8 Å². The molecule has 4 saturated carbocycles. The van der Waals surface area contributed by atoms with Crippen LogP contribution < -0.4 is 5.73 Å². The minimum atomic E-state index is -4.00. The Morgan fingerprint density at radius 2 is 1.64 bits per heavy atom. The monoisotopic (exact) mass is 382 g/mol. The van der Waals surface area contributed by atoms with Gasteiger partial charge in [0.15, 0.2) is 0 Å². The molecule has 0 spiro atoms. The zero-order valence-electron chi connectivity index (χ0n) is 14.0. The summed E-state index contributed by atoms with van der Waals surface area (Å²) in [4.78, 5) is 12.4. The summed E-state index contributed by atoms with van der Waals surface area (Å²) >= 11 is 5.88. The standard InChI is InChI=1S/C18H23ClN2O3S/c19-15-1-3-16(4-2-15)25(23,24)21(17(20)22)18-6-5-12-7-13(10-18)9-14(8-12)11-18/h1-4,12-14H,5-11H2,(H2,20,22). The maximum absolute atomic E-state index is 13.3. The molecule has 2 unspecified atom stereocenters. The van der Waals surface area contributed by atoms with Crippen molar-refractivity contribution in [2.24, 2.45) is 23.5 Å². The van der Waals surface area contributed by atoms with Gasteiger partial charge in [0.2, 0.25) is 0 Å². The summed E-state index contributed by atoms with van der Waals surface area (Å²) < 4.78 is 27.6.